The predicted octanol–water partition coefficient (Wildman–Crippen LogP) is 3.72. The Kier molecular flexibility index (Phi) is 3.11. The van der Waals surface area contributed by atoms with Gasteiger partial charge in [0.1, 0.15) is 0 Å². The topological polar surface area (TPSA) is 30.7 Å². The maximum absolute atomic E-state index is 4.62. The second-order valence-corrected chi connectivity index (χ2v) is 5.83. The summed E-state index contributed by atoms with van der Waals surface area (Å²) in [6, 6.07) is 4.37. The molecule has 0 aliphatic carbocycles. The van der Waals surface area contributed by atoms with E-state index in [2.05, 4.69) is 52.8 Å². The highest BCUT2D eigenvalue weighted by molar-refractivity contribution is 7.09. The van der Waals surface area contributed by atoms with E-state index in [-0.39, 0.29) is 0 Å². The van der Waals surface area contributed by atoms with Gasteiger partial charge in [-0.05, 0) is 43.5 Å². The third kappa shape index (κ3) is 2.28. The maximum atomic E-state index is 4.62. The second kappa shape index (κ2) is 4.78. The van der Waals surface area contributed by atoms with Crippen LogP contribution in [0.4, 0.5) is 0 Å². The number of rotatable bonds is 3. The van der Waals surface area contributed by atoms with E-state index < -0.39 is 0 Å². The number of thiazole rings is 1. The molecule has 0 amide bonds. The summed E-state index contributed by atoms with van der Waals surface area (Å²) in [5, 5.41) is 3.34. The molecule has 0 bridgehead atoms. The van der Waals surface area contributed by atoms with Gasteiger partial charge in [0.15, 0.2) is 0 Å². The summed E-state index contributed by atoms with van der Waals surface area (Å²) in [4.78, 5) is 9.10. The lowest BCUT2D eigenvalue weighted by Gasteiger charge is -2.04. The fraction of sp³-hybridized carbons (Fsp3) is 0.333. The Bertz CT molecular complexity index is 724. The molecule has 0 atom stereocenters. The lowest BCUT2D eigenvalue weighted by molar-refractivity contribution is 0.798. The van der Waals surface area contributed by atoms with Gasteiger partial charge in [-0.3, -0.25) is 0 Å². The first-order valence-corrected chi connectivity index (χ1v) is 7.40. The molecular formula is C15H17N3S. The van der Waals surface area contributed by atoms with Gasteiger partial charge in [0.2, 0.25) is 0 Å². The van der Waals surface area contributed by atoms with E-state index in [1.54, 1.807) is 11.3 Å². The van der Waals surface area contributed by atoms with Gasteiger partial charge in [0.05, 0.1) is 34.6 Å². The molecule has 2 aromatic heterocycles. The Hall–Kier alpha value is -1.68. The minimum atomic E-state index is 0.801. The number of hydrogen-bond acceptors (Lipinski definition) is 3. The fourth-order valence-corrected chi connectivity index (χ4v) is 2.93. The van der Waals surface area contributed by atoms with Crippen molar-refractivity contribution in [1.82, 2.24) is 14.5 Å². The lowest BCUT2D eigenvalue weighted by atomic mass is 10.1. The van der Waals surface area contributed by atoms with Gasteiger partial charge in [-0.1, -0.05) is 6.92 Å². The Morgan fingerprint density at radius 1 is 1.21 bits per heavy atom. The molecule has 0 saturated heterocycles. The van der Waals surface area contributed by atoms with E-state index in [1.807, 2.05) is 6.33 Å². The largest absolute Gasteiger partial charge is 0.324 e. The Labute approximate surface area is 116 Å². The quantitative estimate of drug-likeness (QED) is 0.727. The van der Waals surface area contributed by atoms with Crippen LogP contribution in [0.15, 0.2) is 23.8 Å². The monoisotopic (exact) mass is 271 g/mol. The highest BCUT2D eigenvalue weighted by Gasteiger charge is 2.07. The summed E-state index contributed by atoms with van der Waals surface area (Å²) in [6.07, 6.45) is 2.92. The van der Waals surface area contributed by atoms with Gasteiger partial charge in [-0.25, -0.2) is 9.97 Å². The summed E-state index contributed by atoms with van der Waals surface area (Å²) < 4.78 is 2.18. The average Bonchev–Trinajstić information content (AvgIpc) is 2.99. The lowest BCUT2D eigenvalue weighted by Crippen LogP contribution is -1.99. The highest BCUT2D eigenvalue weighted by Crippen LogP contribution is 2.20. The molecule has 0 saturated carbocycles. The van der Waals surface area contributed by atoms with E-state index in [0.717, 1.165) is 24.2 Å². The maximum Gasteiger partial charge on any atom is 0.0962 e. The van der Waals surface area contributed by atoms with Crippen molar-refractivity contribution in [1.29, 1.82) is 0 Å². The van der Waals surface area contributed by atoms with E-state index >= 15 is 0 Å². The van der Waals surface area contributed by atoms with Crippen LogP contribution in [0.25, 0.3) is 11.0 Å². The molecule has 0 fully saturated rings. The van der Waals surface area contributed by atoms with Crippen LogP contribution < -0.4 is 0 Å². The number of fused-ring (bicyclic) bond motifs is 1. The first-order valence-electron chi connectivity index (χ1n) is 6.52. The number of nitrogens with zero attached hydrogens (tertiary/aromatic N) is 3. The number of aromatic nitrogens is 3. The average molecular weight is 271 g/mol. The molecule has 3 aromatic rings. The first kappa shape index (κ1) is 12.4. The third-order valence-corrected chi connectivity index (χ3v) is 4.51. The van der Waals surface area contributed by atoms with E-state index in [4.69, 9.17) is 0 Å². The molecule has 3 nitrogen and oxygen atoms in total. The molecular weight excluding hydrogens is 254 g/mol. The minimum Gasteiger partial charge on any atom is -0.324 e. The van der Waals surface area contributed by atoms with Crippen LogP contribution in [-0.4, -0.2) is 14.5 Å². The molecule has 0 spiro atoms. The summed E-state index contributed by atoms with van der Waals surface area (Å²) in [5.41, 5.74) is 5.98. The number of imidazole rings is 1. The van der Waals surface area contributed by atoms with Crippen molar-refractivity contribution in [3.8, 4) is 0 Å². The van der Waals surface area contributed by atoms with Crippen molar-refractivity contribution < 1.29 is 0 Å². The molecule has 98 valence electrons. The van der Waals surface area contributed by atoms with Gasteiger partial charge in [-0.2, -0.15) is 0 Å². The standard InChI is InChI=1S/C15H17N3S/c1-4-15-17-12(8-19-15)7-18-9-16-13-5-10(2)11(3)6-14(13)18/h5-6,8-9H,4,7H2,1-3H3. The SMILES string of the molecule is CCc1nc(Cn2cnc3cc(C)c(C)cc32)cs1. The summed E-state index contributed by atoms with van der Waals surface area (Å²) >= 11 is 1.74. The van der Waals surface area contributed by atoms with Crippen molar-refractivity contribution in [3.63, 3.8) is 0 Å². The molecule has 0 N–H and O–H groups in total. The predicted molar refractivity (Wildman–Crippen MR) is 79.8 cm³/mol. The third-order valence-electron chi connectivity index (χ3n) is 3.47. The first-order chi connectivity index (χ1) is 9.17. The summed E-state index contributed by atoms with van der Waals surface area (Å²) in [7, 11) is 0. The molecule has 1 aromatic carbocycles. The zero-order valence-electron chi connectivity index (χ0n) is 11.5. The summed E-state index contributed by atoms with van der Waals surface area (Å²) in [6.45, 7) is 7.21. The molecule has 0 unspecified atom stereocenters. The van der Waals surface area contributed by atoms with Gasteiger partial charge in [0, 0.05) is 5.38 Å². The van der Waals surface area contributed by atoms with Crippen molar-refractivity contribution in [2.75, 3.05) is 0 Å². The molecule has 4 heteroatoms. The van der Waals surface area contributed by atoms with E-state index in [0.29, 0.717) is 0 Å². The molecule has 0 aliphatic heterocycles. The molecule has 3 rings (SSSR count). The fourth-order valence-electron chi connectivity index (χ4n) is 2.20. The van der Waals surface area contributed by atoms with Crippen LogP contribution in [0, 0.1) is 13.8 Å². The van der Waals surface area contributed by atoms with E-state index in [9.17, 15) is 0 Å². The van der Waals surface area contributed by atoms with Crippen molar-refractivity contribution >= 4 is 22.4 Å². The Balaban J connectivity index is 1.98. The van der Waals surface area contributed by atoms with Gasteiger partial charge >= 0.3 is 0 Å². The smallest absolute Gasteiger partial charge is 0.0962 e. The molecule has 19 heavy (non-hydrogen) atoms. The van der Waals surface area contributed by atoms with Crippen molar-refractivity contribution in [2.24, 2.45) is 0 Å². The van der Waals surface area contributed by atoms with Crippen LogP contribution in [0.3, 0.4) is 0 Å². The highest BCUT2D eigenvalue weighted by atomic mass is 32.1. The van der Waals surface area contributed by atoms with Crippen LogP contribution in [0.2, 0.25) is 0 Å². The number of benzene rings is 1. The number of hydrogen-bond donors (Lipinski definition) is 0. The number of aryl methyl sites for hydroxylation is 3. The zero-order valence-corrected chi connectivity index (χ0v) is 12.3. The summed E-state index contributed by atoms with van der Waals surface area (Å²) in [5.74, 6) is 0. The van der Waals surface area contributed by atoms with Crippen LogP contribution in [-0.2, 0) is 13.0 Å². The molecule has 2 heterocycles. The Morgan fingerprint density at radius 3 is 2.74 bits per heavy atom. The Morgan fingerprint density at radius 2 is 2.00 bits per heavy atom. The molecule has 0 aliphatic rings. The van der Waals surface area contributed by atoms with Gasteiger partial charge < -0.3 is 4.57 Å². The minimum absolute atomic E-state index is 0.801. The second-order valence-electron chi connectivity index (χ2n) is 4.88. The van der Waals surface area contributed by atoms with Crippen LogP contribution in [0.1, 0.15) is 28.8 Å². The van der Waals surface area contributed by atoms with Crippen LogP contribution in [0.5, 0.6) is 0 Å². The van der Waals surface area contributed by atoms with E-state index in [1.165, 1.54) is 21.7 Å². The zero-order chi connectivity index (χ0) is 13.4. The van der Waals surface area contributed by atoms with Crippen molar-refractivity contribution in [3.05, 3.63) is 45.7 Å². The molecule has 0 radical (unpaired) electrons. The van der Waals surface area contributed by atoms with Gasteiger partial charge in [-0.15, -0.1) is 11.3 Å². The normalized spacial score (nSPS) is 11.3. The van der Waals surface area contributed by atoms with Crippen molar-refractivity contribution in [2.45, 2.75) is 33.7 Å². The van der Waals surface area contributed by atoms with Crippen LogP contribution >= 0.6 is 11.3 Å². The van der Waals surface area contributed by atoms with Gasteiger partial charge in [0.25, 0.3) is 0 Å².